The molecule has 2 N–H and O–H groups in total. The third-order valence-electron chi connectivity index (χ3n) is 3.33. The number of hydrogen-bond acceptors (Lipinski definition) is 3. The highest BCUT2D eigenvalue weighted by Gasteiger charge is 2.14. The van der Waals surface area contributed by atoms with E-state index in [9.17, 15) is 4.79 Å². The van der Waals surface area contributed by atoms with E-state index in [2.05, 4.69) is 10.4 Å². The van der Waals surface area contributed by atoms with Crippen molar-refractivity contribution in [3.8, 4) is 0 Å². The van der Waals surface area contributed by atoms with Crippen molar-refractivity contribution >= 4 is 11.7 Å². The van der Waals surface area contributed by atoms with Crippen LogP contribution in [0.4, 0.5) is 10.5 Å². The van der Waals surface area contributed by atoms with Crippen LogP contribution >= 0.6 is 0 Å². The number of aliphatic hydroxyl groups is 1. The monoisotopic (exact) mass is 288 g/mol. The summed E-state index contributed by atoms with van der Waals surface area (Å²) in [6, 6.07) is 9.03. The van der Waals surface area contributed by atoms with Crippen molar-refractivity contribution in [1.82, 2.24) is 14.7 Å². The molecular formula is C15H20N4O2. The van der Waals surface area contributed by atoms with E-state index in [0.717, 1.165) is 11.3 Å². The van der Waals surface area contributed by atoms with E-state index in [0.29, 0.717) is 6.54 Å². The minimum atomic E-state index is -0.243. The number of nitrogens with one attached hydrogen (secondary N) is 1. The SMILES string of the molecule is CC(CO)N(C)C(=O)Nc1cccc(Cn2cccn2)c1. The summed E-state index contributed by atoms with van der Waals surface area (Å²) in [5, 5.41) is 16.1. The van der Waals surface area contributed by atoms with Gasteiger partial charge in [0.1, 0.15) is 0 Å². The number of likely N-dealkylation sites (N-methyl/N-ethyl adjacent to an activating group) is 1. The molecule has 0 radical (unpaired) electrons. The predicted molar refractivity (Wildman–Crippen MR) is 81.1 cm³/mol. The molecule has 2 rings (SSSR count). The van der Waals surface area contributed by atoms with Crippen LogP contribution in [0.15, 0.2) is 42.7 Å². The first kappa shape index (κ1) is 15.1. The molecule has 1 heterocycles. The van der Waals surface area contributed by atoms with Crippen molar-refractivity contribution in [2.75, 3.05) is 19.0 Å². The Kier molecular flexibility index (Phi) is 4.94. The minimum Gasteiger partial charge on any atom is -0.394 e. The molecule has 6 heteroatoms. The van der Waals surface area contributed by atoms with Crippen LogP contribution in [0.25, 0.3) is 0 Å². The quantitative estimate of drug-likeness (QED) is 0.881. The molecule has 0 bridgehead atoms. The van der Waals surface area contributed by atoms with Gasteiger partial charge in [0.25, 0.3) is 0 Å². The van der Waals surface area contributed by atoms with E-state index in [1.54, 1.807) is 20.2 Å². The first-order valence-electron chi connectivity index (χ1n) is 6.81. The van der Waals surface area contributed by atoms with E-state index in [4.69, 9.17) is 5.11 Å². The summed E-state index contributed by atoms with van der Waals surface area (Å²) in [7, 11) is 1.66. The Labute approximate surface area is 124 Å². The highest BCUT2D eigenvalue weighted by Crippen LogP contribution is 2.13. The molecule has 1 aromatic heterocycles. The number of aromatic nitrogens is 2. The number of rotatable bonds is 5. The summed E-state index contributed by atoms with van der Waals surface area (Å²) in [5.41, 5.74) is 1.77. The second-order valence-electron chi connectivity index (χ2n) is 4.98. The number of hydrogen-bond donors (Lipinski definition) is 2. The van der Waals surface area contributed by atoms with Gasteiger partial charge in [0, 0.05) is 25.1 Å². The van der Waals surface area contributed by atoms with Gasteiger partial charge in [-0.1, -0.05) is 12.1 Å². The largest absolute Gasteiger partial charge is 0.394 e. The van der Waals surface area contributed by atoms with Gasteiger partial charge in [0.15, 0.2) is 0 Å². The molecule has 2 aromatic rings. The number of carbonyl (C=O) groups excluding carboxylic acids is 1. The van der Waals surface area contributed by atoms with Crippen molar-refractivity contribution in [2.24, 2.45) is 0 Å². The van der Waals surface area contributed by atoms with Crippen LogP contribution < -0.4 is 5.32 Å². The molecule has 21 heavy (non-hydrogen) atoms. The molecule has 0 saturated carbocycles. The van der Waals surface area contributed by atoms with Crippen molar-refractivity contribution in [2.45, 2.75) is 19.5 Å². The first-order chi connectivity index (χ1) is 10.1. The van der Waals surface area contributed by atoms with Gasteiger partial charge < -0.3 is 15.3 Å². The molecule has 0 saturated heterocycles. The third-order valence-corrected chi connectivity index (χ3v) is 3.33. The average Bonchev–Trinajstić information content (AvgIpc) is 2.98. The van der Waals surface area contributed by atoms with Crippen LogP contribution in [0.5, 0.6) is 0 Å². The number of aliphatic hydroxyl groups excluding tert-OH is 1. The lowest BCUT2D eigenvalue weighted by molar-refractivity contribution is 0.166. The Morgan fingerprint density at radius 2 is 2.29 bits per heavy atom. The second-order valence-corrected chi connectivity index (χ2v) is 4.98. The number of amides is 2. The molecule has 112 valence electrons. The second kappa shape index (κ2) is 6.90. The van der Waals surface area contributed by atoms with Crippen LogP contribution in [0.1, 0.15) is 12.5 Å². The van der Waals surface area contributed by atoms with Gasteiger partial charge in [0.05, 0.1) is 19.2 Å². The maximum atomic E-state index is 12.0. The molecule has 1 atom stereocenters. The number of carbonyl (C=O) groups is 1. The van der Waals surface area contributed by atoms with E-state index in [-0.39, 0.29) is 18.7 Å². The van der Waals surface area contributed by atoms with Crippen LogP contribution in [0.2, 0.25) is 0 Å². The smallest absolute Gasteiger partial charge is 0.321 e. The van der Waals surface area contributed by atoms with E-state index in [1.165, 1.54) is 4.90 Å². The molecular weight excluding hydrogens is 268 g/mol. The van der Waals surface area contributed by atoms with Gasteiger partial charge in [-0.2, -0.15) is 5.10 Å². The summed E-state index contributed by atoms with van der Waals surface area (Å²) >= 11 is 0. The zero-order valence-corrected chi connectivity index (χ0v) is 12.2. The van der Waals surface area contributed by atoms with Crippen LogP contribution in [0, 0.1) is 0 Å². The molecule has 0 fully saturated rings. The minimum absolute atomic E-state index is 0.0662. The first-order valence-corrected chi connectivity index (χ1v) is 6.81. The van der Waals surface area contributed by atoms with E-state index < -0.39 is 0 Å². The Morgan fingerprint density at radius 1 is 1.48 bits per heavy atom. The summed E-state index contributed by atoms with van der Waals surface area (Å²) in [5.74, 6) is 0. The molecule has 2 amide bonds. The lowest BCUT2D eigenvalue weighted by atomic mass is 10.2. The van der Waals surface area contributed by atoms with E-state index >= 15 is 0 Å². The summed E-state index contributed by atoms with van der Waals surface area (Å²) in [6.07, 6.45) is 3.62. The average molecular weight is 288 g/mol. The van der Waals surface area contributed by atoms with Crippen LogP contribution in [0.3, 0.4) is 0 Å². The molecule has 0 aliphatic heterocycles. The molecule has 6 nitrogen and oxygen atoms in total. The van der Waals surface area contributed by atoms with Crippen molar-refractivity contribution in [3.63, 3.8) is 0 Å². The van der Waals surface area contributed by atoms with Crippen LogP contribution in [-0.4, -0.2) is 45.5 Å². The maximum absolute atomic E-state index is 12.0. The Bertz CT molecular complexity index is 583. The van der Waals surface area contributed by atoms with Gasteiger partial charge in [-0.15, -0.1) is 0 Å². The maximum Gasteiger partial charge on any atom is 0.321 e. The van der Waals surface area contributed by atoms with E-state index in [1.807, 2.05) is 41.2 Å². The summed E-state index contributed by atoms with van der Waals surface area (Å²) in [6.45, 7) is 2.37. The predicted octanol–water partition coefficient (Wildman–Crippen LogP) is 1.78. The number of anilines is 1. The van der Waals surface area contributed by atoms with Crippen LogP contribution in [-0.2, 0) is 6.54 Å². The van der Waals surface area contributed by atoms with Crippen molar-refractivity contribution < 1.29 is 9.90 Å². The molecule has 0 aliphatic rings. The van der Waals surface area contributed by atoms with Gasteiger partial charge >= 0.3 is 6.03 Å². The van der Waals surface area contributed by atoms with Gasteiger partial charge in [-0.3, -0.25) is 4.68 Å². The lowest BCUT2D eigenvalue weighted by Crippen LogP contribution is -2.40. The highest BCUT2D eigenvalue weighted by molar-refractivity contribution is 5.89. The van der Waals surface area contributed by atoms with Crippen molar-refractivity contribution in [1.29, 1.82) is 0 Å². The number of benzene rings is 1. The fourth-order valence-electron chi connectivity index (χ4n) is 1.86. The standard InChI is InChI=1S/C15H20N4O2/c1-12(11-20)18(2)15(21)17-14-6-3-5-13(9-14)10-19-8-4-7-16-19/h3-9,12,20H,10-11H2,1-2H3,(H,17,21). The third kappa shape index (κ3) is 4.06. The fraction of sp³-hybridized carbons (Fsp3) is 0.333. The van der Waals surface area contributed by atoms with Gasteiger partial charge in [0.2, 0.25) is 0 Å². The highest BCUT2D eigenvalue weighted by atomic mass is 16.3. The molecule has 0 aliphatic carbocycles. The zero-order valence-electron chi connectivity index (χ0n) is 12.2. The topological polar surface area (TPSA) is 70.4 Å². The Hall–Kier alpha value is -2.34. The number of urea groups is 1. The van der Waals surface area contributed by atoms with Crippen molar-refractivity contribution in [3.05, 3.63) is 48.3 Å². The van der Waals surface area contributed by atoms with Gasteiger partial charge in [-0.05, 0) is 30.7 Å². The molecule has 0 spiro atoms. The van der Waals surface area contributed by atoms with Gasteiger partial charge in [-0.25, -0.2) is 4.79 Å². The Balaban J connectivity index is 2.02. The fourth-order valence-corrected chi connectivity index (χ4v) is 1.86. The number of nitrogens with zero attached hydrogens (tertiary/aromatic N) is 3. The Morgan fingerprint density at radius 3 is 2.95 bits per heavy atom. The molecule has 1 unspecified atom stereocenters. The summed E-state index contributed by atoms with van der Waals surface area (Å²) in [4.78, 5) is 13.5. The molecule has 1 aromatic carbocycles. The zero-order chi connectivity index (χ0) is 15.2. The lowest BCUT2D eigenvalue weighted by Gasteiger charge is -2.23. The summed E-state index contributed by atoms with van der Waals surface area (Å²) < 4.78 is 1.82. The normalized spacial score (nSPS) is 12.0.